The van der Waals surface area contributed by atoms with E-state index in [4.69, 9.17) is 0 Å². The Hall–Kier alpha value is -1.77. The summed E-state index contributed by atoms with van der Waals surface area (Å²) in [6.45, 7) is 2.70. The van der Waals surface area contributed by atoms with Crippen molar-refractivity contribution in [2.45, 2.75) is 32.2 Å². The smallest absolute Gasteiger partial charge is 0.267 e. The van der Waals surface area contributed by atoms with Crippen molar-refractivity contribution in [3.05, 3.63) is 57.5 Å². The van der Waals surface area contributed by atoms with E-state index in [2.05, 4.69) is 36.3 Å². The summed E-state index contributed by atoms with van der Waals surface area (Å²) in [6.07, 6.45) is 2.43. The van der Waals surface area contributed by atoms with Crippen LogP contribution in [0.5, 0.6) is 0 Å². The molecule has 0 amide bonds. The summed E-state index contributed by atoms with van der Waals surface area (Å²) in [4.78, 5) is 11.8. The third kappa shape index (κ3) is 2.18. The van der Waals surface area contributed by atoms with Crippen molar-refractivity contribution >= 4 is 0 Å². The van der Waals surface area contributed by atoms with Crippen LogP contribution in [0.3, 0.4) is 0 Å². The molecule has 1 aliphatic rings. The minimum atomic E-state index is 0.0764. The highest BCUT2D eigenvalue weighted by molar-refractivity contribution is 5.22. The third-order valence-electron chi connectivity index (χ3n) is 3.29. The molecule has 1 N–H and O–H groups in total. The summed E-state index contributed by atoms with van der Waals surface area (Å²) in [5, 5.41) is 3.21. The van der Waals surface area contributed by atoms with E-state index in [9.17, 15) is 4.79 Å². The topological polar surface area (TPSA) is 37.8 Å². The van der Waals surface area contributed by atoms with Crippen molar-refractivity contribution in [1.82, 2.24) is 9.78 Å². The lowest BCUT2D eigenvalue weighted by Gasteiger charge is -2.03. The van der Waals surface area contributed by atoms with Crippen LogP contribution in [0.1, 0.15) is 35.6 Å². The van der Waals surface area contributed by atoms with Crippen LogP contribution >= 0.6 is 0 Å². The van der Waals surface area contributed by atoms with Crippen LogP contribution in [-0.2, 0) is 6.54 Å². The van der Waals surface area contributed by atoms with Gasteiger partial charge in [0.2, 0.25) is 0 Å². The molecule has 1 heterocycles. The largest absolute Gasteiger partial charge is 0.299 e. The summed E-state index contributed by atoms with van der Waals surface area (Å²) in [6, 6.07) is 10.0. The Morgan fingerprint density at radius 3 is 2.65 bits per heavy atom. The zero-order valence-corrected chi connectivity index (χ0v) is 9.94. The standard InChI is InChI=1S/C14H16N2O/c1-10-2-4-11(5-3-10)9-16-14(17)8-13(15-16)12-6-7-12/h2-5,8,12,15H,6-7,9H2,1H3. The normalized spacial score (nSPS) is 15.1. The highest BCUT2D eigenvalue weighted by Crippen LogP contribution is 2.38. The molecular weight excluding hydrogens is 212 g/mol. The van der Waals surface area contributed by atoms with E-state index in [0.29, 0.717) is 12.5 Å². The van der Waals surface area contributed by atoms with E-state index in [1.54, 1.807) is 10.7 Å². The molecule has 1 saturated carbocycles. The fourth-order valence-electron chi connectivity index (χ4n) is 2.05. The SMILES string of the molecule is Cc1ccc(Cn2[nH]c(C3CC3)cc2=O)cc1. The average Bonchev–Trinajstić information content (AvgIpc) is 3.09. The second kappa shape index (κ2) is 3.91. The Balaban J connectivity index is 1.84. The van der Waals surface area contributed by atoms with Gasteiger partial charge in [0.15, 0.2) is 0 Å². The maximum atomic E-state index is 11.8. The van der Waals surface area contributed by atoms with Crippen LogP contribution in [0.15, 0.2) is 35.1 Å². The molecule has 0 atom stereocenters. The van der Waals surface area contributed by atoms with Crippen LogP contribution in [0, 0.1) is 6.92 Å². The van der Waals surface area contributed by atoms with Crippen LogP contribution in [-0.4, -0.2) is 9.78 Å². The number of nitrogens with zero attached hydrogens (tertiary/aromatic N) is 1. The molecule has 3 rings (SSSR count). The van der Waals surface area contributed by atoms with Gasteiger partial charge in [0.1, 0.15) is 0 Å². The van der Waals surface area contributed by atoms with Crippen molar-refractivity contribution in [2.75, 3.05) is 0 Å². The summed E-state index contributed by atoms with van der Waals surface area (Å²) in [5.41, 5.74) is 3.57. The lowest BCUT2D eigenvalue weighted by atomic mass is 10.1. The Kier molecular flexibility index (Phi) is 2.39. The van der Waals surface area contributed by atoms with Gasteiger partial charge in [0.25, 0.3) is 5.56 Å². The molecule has 88 valence electrons. The van der Waals surface area contributed by atoms with Gasteiger partial charge in [-0.25, -0.2) is 4.68 Å². The molecule has 0 radical (unpaired) electrons. The van der Waals surface area contributed by atoms with Crippen LogP contribution in [0.25, 0.3) is 0 Å². The highest BCUT2D eigenvalue weighted by Gasteiger charge is 2.25. The molecule has 0 aliphatic heterocycles. The van der Waals surface area contributed by atoms with Crippen LogP contribution in [0.4, 0.5) is 0 Å². The molecule has 17 heavy (non-hydrogen) atoms. The third-order valence-corrected chi connectivity index (χ3v) is 3.29. The van der Waals surface area contributed by atoms with Crippen LogP contribution < -0.4 is 5.56 Å². The number of hydrogen-bond acceptors (Lipinski definition) is 1. The van der Waals surface area contributed by atoms with Gasteiger partial charge < -0.3 is 0 Å². The van der Waals surface area contributed by atoms with Gasteiger partial charge in [-0.3, -0.25) is 9.89 Å². The monoisotopic (exact) mass is 228 g/mol. The molecule has 0 unspecified atom stereocenters. The minimum Gasteiger partial charge on any atom is -0.299 e. The van der Waals surface area contributed by atoms with E-state index in [1.165, 1.54) is 18.4 Å². The first-order valence-electron chi connectivity index (χ1n) is 6.08. The first kappa shape index (κ1) is 10.4. The summed E-state index contributed by atoms with van der Waals surface area (Å²) in [5.74, 6) is 0.599. The summed E-state index contributed by atoms with van der Waals surface area (Å²) in [7, 11) is 0. The first-order chi connectivity index (χ1) is 8.22. The first-order valence-corrected chi connectivity index (χ1v) is 6.08. The Morgan fingerprint density at radius 1 is 1.29 bits per heavy atom. The lowest BCUT2D eigenvalue weighted by Crippen LogP contribution is -2.16. The van der Waals surface area contributed by atoms with Gasteiger partial charge >= 0.3 is 0 Å². The maximum Gasteiger partial charge on any atom is 0.267 e. The number of nitrogens with one attached hydrogen (secondary N) is 1. The van der Waals surface area contributed by atoms with Crippen molar-refractivity contribution in [2.24, 2.45) is 0 Å². The molecule has 3 nitrogen and oxygen atoms in total. The van der Waals surface area contributed by atoms with Gasteiger partial charge in [-0.05, 0) is 25.3 Å². The predicted molar refractivity (Wildman–Crippen MR) is 67.3 cm³/mol. The molecule has 2 aromatic rings. The van der Waals surface area contributed by atoms with Crippen molar-refractivity contribution < 1.29 is 0 Å². The zero-order valence-electron chi connectivity index (χ0n) is 9.94. The van der Waals surface area contributed by atoms with E-state index >= 15 is 0 Å². The molecule has 3 heteroatoms. The molecular formula is C14H16N2O. The van der Waals surface area contributed by atoms with Gasteiger partial charge in [-0.15, -0.1) is 0 Å². The number of benzene rings is 1. The Morgan fingerprint density at radius 2 is 2.00 bits per heavy atom. The van der Waals surface area contributed by atoms with E-state index in [-0.39, 0.29) is 5.56 Å². The minimum absolute atomic E-state index is 0.0764. The second-order valence-corrected chi connectivity index (χ2v) is 4.90. The number of aromatic nitrogens is 2. The number of aromatic amines is 1. The molecule has 1 aliphatic carbocycles. The van der Waals surface area contributed by atoms with E-state index in [0.717, 1.165) is 11.3 Å². The predicted octanol–water partition coefficient (Wildman–Crippen LogP) is 2.41. The van der Waals surface area contributed by atoms with E-state index < -0.39 is 0 Å². The quantitative estimate of drug-likeness (QED) is 0.860. The molecule has 1 aromatic carbocycles. The average molecular weight is 228 g/mol. The van der Waals surface area contributed by atoms with Gasteiger partial charge in [-0.2, -0.15) is 0 Å². The molecule has 0 bridgehead atoms. The number of H-pyrrole nitrogens is 1. The fraction of sp³-hybridized carbons (Fsp3) is 0.357. The highest BCUT2D eigenvalue weighted by atomic mass is 16.1. The van der Waals surface area contributed by atoms with Crippen molar-refractivity contribution in [1.29, 1.82) is 0 Å². The molecule has 1 aromatic heterocycles. The molecule has 0 spiro atoms. The molecule has 0 saturated heterocycles. The fourth-order valence-corrected chi connectivity index (χ4v) is 2.05. The Labute approximate surface area is 100 Å². The maximum absolute atomic E-state index is 11.8. The van der Waals surface area contributed by atoms with Crippen LogP contribution in [0.2, 0.25) is 0 Å². The van der Waals surface area contributed by atoms with Gasteiger partial charge in [-0.1, -0.05) is 29.8 Å². The van der Waals surface area contributed by atoms with Gasteiger partial charge in [0.05, 0.1) is 6.54 Å². The molecule has 1 fully saturated rings. The second-order valence-electron chi connectivity index (χ2n) is 4.90. The Bertz CT molecular complexity index is 573. The number of hydrogen-bond donors (Lipinski definition) is 1. The number of rotatable bonds is 3. The van der Waals surface area contributed by atoms with Crippen molar-refractivity contribution in [3.63, 3.8) is 0 Å². The summed E-state index contributed by atoms with van der Waals surface area (Å²) >= 11 is 0. The zero-order chi connectivity index (χ0) is 11.8. The van der Waals surface area contributed by atoms with E-state index in [1.807, 2.05) is 0 Å². The number of aryl methyl sites for hydroxylation is 1. The lowest BCUT2D eigenvalue weighted by molar-refractivity contribution is 0.651. The van der Waals surface area contributed by atoms with Gasteiger partial charge in [0, 0.05) is 17.7 Å². The van der Waals surface area contributed by atoms with Crippen molar-refractivity contribution in [3.8, 4) is 0 Å². The summed E-state index contributed by atoms with van der Waals surface area (Å²) < 4.78 is 1.69.